The van der Waals surface area contributed by atoms with Crippen molar-refractivity contribution in [2.45, 2.75) is 202 Å². The van der Waals surface area contributed by atoms with E-state index < -0.39 is 23.4 Å². The molecule has 2 N–H and O–H groups in total. The van der Waals surface area contributed by atoms with Gasteiger partial charge in [0.2, 0.25) is 0 Å². The van der Waals surface area contributed by atoms with Crippen molar-refractivity contribution >= 4 is 97.9 Å². The third-order valence-corrected chi connectivity index (χ3v) is 19.2. The number of hydrogen-bond acceptors (Lipinski definition) is 26. The van der Waals surface area contributed by atoms with Gasteiger partial charge in [-0.3, -0.25) is 5.32 Å². The zero-order chi connectivity index (χ0) is 68.8. The Morgan fingerprint density at radius 3 is 1.25 bits per heavy atom. The fourth-order valence-corrected chi connectivity index (χ4v) is 14.3. The number of hydrogen-bond donors (Lipinski definition) is 2. The number of morpholine rings is 3. The number of aryl methyl sites for hydroxylation is 6. The van der Waals surface area contributed by atoms with Crippen LogP contribution in [0.3, 0.4) is 0 Å². The van der Waals surface area contributed by atoms with Gasteiger partial charge in [-0.1, -0.05) is 51.2 Å². The van der Waals surface area contributed by atoms with Gasteiger partial charge in [0.1, 0.15) is 59.0 Å². The van der Waals surface area contributed by atoms with Crippen LogP contribution in [0.25, 0.3) is 0 Å². The number of thioether (sulfide) groups is 3. The highest BCUT2D eigenvalue weighted by atomic mass is 79.9. The standard InChI is InChI=1S/C24H31N5O4S.C22H30N4O4S.C19H23N5O2S.C2H2BrN/c1-15-16(2)32-22(26-15)34-14-17-10-20(29-18-6-7-19(29)13-31-12-18)11-21(27-17)28(9-8-25)23(30)33-24(3,4)5;1-13-14(2)29-21(23-13)31-12-15-8-18(26-16-6-7-17(26)11-28-10-16)9-19(24-15)25-20(27)30-22(3,4)5;1-12-13(2)26-19(22-12)27-11-14-7-17(8-18(23-14)21-6-5-20)24-15-3-4-16(24)10-25-9-15;3-1-2-4/h10-11,18-19H,6-7,9,12-14H2,1-5H3;8-9,16-17H,6-7,10-12H2,1-5H3,(H,24,25,27);7-8,15-16H,3-4,6,9-11H2,1-2H3,(H,21,23);1H2. The lowest BCUT2D eigenvalue weighted by molar-refractivity contribution is 0.0581. The van der Waals surface area contributed by atoms with Crippen molar-refractivity contribution in [1.82, 2.24) is 29.9 Å². The molecule has 0 saturated carbocycles. The molecule has 12 heterocycles. The second-order valence-corrected chi connectivity index (χ2v) is 29.3. The molecule has 0 radical (unpaired) electrons. The number of aromatic nitrogens is 6. The molecule has 25 nitrogen and oxygen atoms in total. The third-order valence-electron chi connectivity index (χ3n) is 16.4. The molecule has 6 aromatic rings. The molecule has 6 saturated heterocycles. The molecule has 6 aromatic heterocycles. The summed E-state index contributed by atoms with van der Waals surface area (Å²) in [5.41, 5.74) is 7.12. The van der Waals surface area contributed by atoms with Crippen molar-refractivity contribution in [2.75, 3.05) is 88.3 Å². The SMILES string of the molecule is Cc1nc(SCc2cc(N3C4CCC3COC4)cc(N(CC#N)C(=O)OC(C)(C)C)n2)oc1C.Cc1nc(SCc2cc(N3C4CCC3COC4)cc(NC(=O)OC(C)(C)C)n2)oc1C.Cc1nc(SCc2cc(N3C4CCC3COC4)cc(NCC#N)n2)oc1C.N#CCBr. The Hall–Kier alpha value is -7.30. The summed E-state index contributed by atoms with van der Waals surface area (Å²) in [6.45, 7) is 26.9. The second kappa shape index (κ2) is 33.3. The minimum atomic E-state index is -0.689. The monoisotopic (exact) mass is 1440 g/mol. The predicted octanol–water partition coefficient (Wildman–Crippen LogP) is 13.5. The number of nitrogens with zero attached hydrogens (tertiary/aromatic N) is 13. The van der Waals surface area contributed by atoms with E-state index in [-0.39, 0.29) is 25.2 Å². The molecule has 6 unspecified atom stereocenters. The van der Waals surface area contributed by atoms with Gasteiger partial charge in [0.25, 0.3) is 15.7 Å². The molecule has 0 aliphatic carbocycles. The van der Waals surface area contributed by atoms with E-state index in [2.05, 4.69) is 96.5 Å². The van der Waals surface area contributed by atoms with Crippen molar-refractivity contribution in [2.24, 2.45) is 0 Å². The van der Waals surface area contributed by atoms with Gasteiger partial charge in [-0.25, -0.2) is 44.4 Å². The first-order valence-electron chi connectivity index (χ1n) is 32.1. The van der Waals surface area contributed by atoms with Gasteiger partial charge in [0.05, 0.1) is 134 Å². The number of halogens is 1. The normalized spacial score (nSPS) is 19.9. The van der Waals surface area contributed by atoms with Gasteiger partial charge >= 0.3 is 12.2 Å². The highest BCUT2D eigenvalue weighted by Crippen LogP contribution is 2.40. The summed E-state index contributed by atoms with van der Waals surface area (Å²) in [6, 6.07) is 20.3. The average molecular weight is 1440 g/mol. The molecular formula is C67H86BrN15O10S3. The minimum Gasteiger partial charge on any atom is -0.444 e. The van der Waals surface area contributed by atoms with E-state index in [9.17, 15) is 14.9 Å². The zero-order valence-corrected chi connectivity index (χ0v) is 60.7. The van der Waals surface area contributed by atoms with Gasteiger partial charge in [0.15, 0.2) is 0 Å². The van der Waals surface area contributed by atoms with E-state index in [1.165, 1.54) is 40.2 Å². The number of oxazole rings is 3. The predicted molar refractivity (Wildman–Crippen MR) is 372 cm³/mol. The molecule has 2 amide bonds. The van der Waals surface area contributed by atoms with Gasteiger partial charge in [-0.15, -0.1) is 0 Å². The average Bonchev–Trinajstić information content (AvgIpc) is 1.59. The van der Waals surface area contributed by atoms with Crippen molar-refractivity contribution < 1.29 is 46.5 Å². The summed E-state index contributed by atoms with van der Waals surface area (Å²) < 4.78 is 45.2. The molecule has 514 valence electrons. The maximum atomic E-state index is 13.0. The van der Waals surface area contributed by atoms with Crippen LogP contribution in [0.4, 0.5) is 44.1 Å². The van der Waals surface area contributed by atoms with Crippen molar-refractivity contribution in [3.63, 3.8) is 0 Å². The fraction of sp³-hybridized carbons (Fsp3) is 0.567. The summed E-state index contributed by atoms with van der Waals surface area (Å²) in [4.78, 5) is 61.2. The highest BCUT2D eigenvalue weighted by Gasteiger charge is 2.41. The fourth-order valence-electron chi connectivity index (χ4n) is 11.9. The molecule has 6 atom stereocenters. The van der Waals surface area contributed by atoms with Crippen LogP contribution in [0.5, 0.6) is 0 Å². The van der Waals surface area contributed by atoms with E-state index in [1.54, 1.807) is 20.8 Å². The zero-order valence-electron chi connectivity index (χ0n) is 56.7. The van der Waals surface area contributed by atoms with E-state index in [0.717, 1.165) is 139 Å². The first-order valence-corrected chi connectivity index (χ1v) is 36.2. The van der Waals surface area contributed by atoms with Gasteiger partial charge in [-0.05, 0) is 140 Å². The van der Waals surface area contributed by atoms with Gasteiger partial charge in [0, 0.05) is 52.5 Å². The summed E-state index contributed by atoms with van der Waals surface area (Å²) in [5.74, 6) is 5.82. The molecule has 6 aliphatic rings. The Kier molecular flexibility index (Phi) is 25.3. The van der Waals surface area contributed by atoms with Crippen LogP contribution >= 0.6 is 51.2 Å². The smallest absolute Gasteiger partial charge is 0.416 e. The summed E-state index contributed by atoms with van der Waals surface area (Å²) >= 11 is 7.37. The number of nitriles is 3. The number of fused-ring (bicyclic) bond motifs is 6. The molecule has 6 bridgehead atoms. The van der Waals surface area contributed by atoms with Crippen LogP contribution < -0.4 is 30.2 Å². The second-order valence-electron chi connectivity index (χ2n) is 26.0. The van der Waals surface area contributed by atoms with E-state index in [1.807, 2.05) is 86.6 Å². The molecule has 0 aromatic carbocycles. The number of anilines is 6. The molecule has 12 rings (SSSR count). The van der Waals surface area contributed by atoms with Gasteiger partial charge < -0.3 is 57.0 Å². The van der Waals surface area contributed by atoms with E-state index >= 15 is 0 Å². The van der Waals surface area contributed by atoms with Crippen LogP contribution in [0, 0.1) is 75.5 Å². The number of carbonyl (C=O) groups is 2. The van der Waals surface area contributed by atoms with Crippen LogP contribution in [0.15, 0.2) is 65.3 Å². The summed E-state index contributed by atoms with van der Waals surface area (Å²) in [5, 5.41) is 34.1. The van der Waals surface area contributed by atoms with Crippen molar-refractivity contribution in [3.05, 3.63) is 87.8 Å². The number of nitrogens with one attached hydrogen (secondary N) is 2. The van der Waals surface area contributed by atoms with Crippen LogP contribution in [-0.2, 0) is 40.9 Å². The number of rotatable bonds is 17. The topological polar surface area (TPSA) is 305 Å². The van der Waals surface area contributed by atoms with E-state index in [0.29, 0.717) is 87.3 Å². The Morgan fingerprint density at radius 1 is 0.542 bits per heavy atom. The van der Waals surface area contributed by atoms with Crippen molar-refractivity contribution in [3.8, 4) is 18.2 Å². The van der Waals surface area contributed by atoms with Crippen LogP contribution in [-0.4, -0.2) is 148 Å². The summed E-state index contributed by atoms with van der Waals surface area (Å²) in [7, 11) is 0. The van der Waals surface area contributed by atoms with Crippen molar-refractivity contribution in [1.29, 1.82) is 15.8 Å². The lowest BCUT2D eigenvalue weighted by Gasteiger charge is -2.37. The quantitative estimate of drug-likeness (QED) is 0.0487. The Bertz CT molecular complexity index is 3670. The third kappa shape index (κ3) is 19.9. The number of carbonyl (C=O) groups excluding carboxylic acids is 2. The Morgan fingerprint density at radius 2 is 0.906 bits per heavy atom. The lowest BCUT2D eigenvalue weighted by atomic mass is 10.2. The van der Waals surface area contributed by atoms with E-state index in [4.69, 9.17) is 52.4 Å². The van der Waals surface area contributed by atoms with Crippen LogP contribution in [0.2, 0.25) is 0 Å². The molecule has 96 heavy (non-hydrogen) atoms. The highest BCUT2D eigenvalue weighted by molar-refractivity contribution is 9.09. The first-order chi connectivity index (χ1) is 45.9. The summed E-state index contributed by atoms with van der Waals surface area (Å²) in [6.07, 6.45) is 5.56. The Balaban J connectivity index is 0.000000165. The molecule has 0 spiro atoms. The molecule has 6 fully saturated rings. The largest absolute Gasteiger partial charge is 0.444 e. The number of ether oxygens (including phenoxy) is 5. The lowest BCUT2D eigenvalue weighted by Crippen LogP contribution is -2.46. The number of alkyl halides is 1. The number of amides is 2. The van der Waals surface area contributed by atoms with Crippen LogP contribution in [0.1, 0.15) is 132 Å². The minimum absolute atomic E-state index is 0.161. The molecule has 29 heteroatoms. The number of pyridine rings is 3. The molecular weight excluding hydrogens is 1350 g/mol. The first kappa shape index (κ1) is 73.0. The Labute approximate surface area is 583 Å². The maximum Gasteiger partial charge on any atom is 0.416 e. The molecule has 6 aliphatic heterocycles. The maximum absolute atomic E-state index is 13.0. The van der Waals surface area contributed by atoms with Gasteiger partial charge in [-0.2, -0.15) is 15.8 Å².